The summed E-state index contributed by atoms with van der Waals surface area (Å²) in [4.78, 5) is 4.38. The van der Waals surface area contributed by atoms with Crippen LogP contribution < -0.4 is 0 Å². The summed E-state index contributed by atoms with van der Waals surface area (Å²) in [5, 5.41) is 9.42. The molecule has 0 N–H and O–H groups in total. The van der Waals surface area contributed by atoms with Crippen molar-refractivity contribution in [2.45, 2.75) is 12.3 Å². The smallest absolute Gasteiger partial charge is 0.108 e. The van der Waals surface area contributed by atoms with E-state index in [9.17, 15) is 0 Å². The van der Waals surface area contributed by atoms with Crippen LogP contribution in [-0.4, -0.2) is 4.98 Å². The highest BCUT2D eigenvalue weighted by atomic mass is 35.5. The van der Waals surface area contributed by atoms with Gasteiger partial charge in [-0.15, -0.1) is 22.9 Å². The van der Waals surface area contributed by atoms with Gasteiger partial charge in [-0.25, -0.2) is 4.98 Å². The molecular formula is C10H7ClN2S. The van der Waals surface area contributed by atoms with Gasteiger partial charge in [0.25, 0.3) is 0 Å². The molecule has 1 heterocycles. The zero-order valence-corrected chi connectivity index (χ0v) is 8.90. The van der Waals surface area contributed by atoms with Crippen LogP contribution in [0.25, 0.3) is 10.2 Å². The summed E-state index contributed by atoms with van der Waals surface area (Å²) < 4.78 is 1.11. The van der Waals surface area contributed by atoms with Crippen molar-refractivity contribution in [3.8, 4) is 6.07 Å². The number of nitriles is 1. The molecule has 0 bridgehead atoms. The van der Waals surface area contributed by atoms with Crippen molar-refractivity contribution in [3.63, 3.8) is 0 Å². The zero-order valence-electron chi connectivity index (χ0n) is 7.33. The second-order valence-electron chi connectivity index (χ2n) is 2.84. The lowest BCUT2D eigenvalue weighted by Gasteiger charge is -1.94. The van der Waals surface area contributed by atoms with Crippen LogP contribution in [0.3, 0.4) is 0 Å². The Morgan fingerprint density at radius 2 is 2.36 bits per heavy atom. The van der Waals surface area contributed by atoms with E-state index in [-0.39, 0.29) is 0 Å². The van der Waals surface area contributed by atoms with Gasteiger partial charge in [-0.3, -0.25) is 0 Å². The Labute approximate surface area is 90.8 Å². The molecule has 0 radical (unpaired) electrons. The van der Waals surface area contributed by atoms with E-state index in [1.165, 1.54) is 0 Å². The maximum atomic E-state index is 8.56. The fourth-order valence-electron chi connectivity index (χ4n) is 1.30. The van der Waals surface area contributed by atoms with Crippen molar-refractivity contribution in [1.82, 2.24) is 4.98 Å². The van der Waals surface area contributed by atoms with Gasteiger partial charge < -0.3 is 0 Å². The molecule has 0 saturated carbocycles. The number of thiazole rings is 1. The Balaban J connectivity index is 2.59. The second-order valence-corrected chi connectivity index (χ2v) is 4.22. The Bertz CT molecular complexity index is 498. The number of fused-ring (bicyclic) bond motifs is 1. The molecular weight excluding hydrogens is 216 g/mol. The minimum atomic E-state index is 0.376. The topological polar surface area (TPSA) is 36.7 Å². The summed E-state index contributed by atoms with van der Waals surface area (Å²) in [7, 11) is 0. The fourth-order valence-corrected chi connectivity index (χ4v) is 2.47. The minimum Gasteiger partial charge on any atom is -0.240 e. The van der Waals surface area contributed by atoms with Gasteiger partial charge in [-0.2, -0.15) is 5.26 Å². The van der Waals surface area contributed by atoms with Crippen LogP contribution in [0, 0.1) is 11.3 Å². The van der Waals surface area contributed by atoms with Crippen LogP contribution in [0.1, 0.15) is 10.6 Å². The Kier molecular flexibility index (Phi) is 2.67. The van der Waals surface area contributed by atoms with Gasteiger partial charge in [-0.1, -0.05) is 12.1 Å². The molecule has 2 aromatic rings. The molecule has 0 aliphatic heterocycles. The number of halogens is 1. The number of aromatic nitrogens is 1. The Morgan fingerprint density at radius 1 is 1.50 bits per heavy atom. The van der Waals surface area contributed by atoms with Gasteiger partial charge in [0.05, 0.1) is 22.7 Å². The molecule has 2 nitrogen and oxygen atoms in total. The van der Waals surface area contributed by atoms with E-state index < -0.39 is 0 Å². The van der Waals surface area contributed by atoms with Gasteiger partial charge in [0.2, 0.25) is 0 Å². The minimum absolute atomic E-state index is 0.376. The lowest BCUT2D eigenvalue weighted by molar-refractivity contribution is 1.20. The molecule has 0 unspecified atom stereocenters. The molecule has 1 aromatic carbocycles. The third kappa shape index (κ3) is 1.59. The molecule has 0 fully saturated rings. The van der Waals surface area contributed by atoms with Gasteiger partial charge in [0.15, 0.2) is 0 Å². The van der Waals surface area contributed by atoms with Gasteiger partial charge >= 0.3 is 0 Å². The average Bonchev–Trinajstić information content (AvgIpc) is 2.60. The molecule has 1 aromatic heterocycles. The maximum Gasteiger partial charge on any atom is 0.108 e. The molecule has 0 aliphatic rings. The maximum absolute atomic E-state index is 8.56. The number of alkyl halides is 1. The summed E-state index contributed by atoms with van der Waals surface area (Å²) in [6.07, 6.45) is 0.376. The third-order valence-corrected chi connectivity index (χ3v) is 3.23. The number of para-hydroxylation sites is 1. The van der Waals surface area contributed by atoms with Gasteiger partial charge in [0, 0.05) is 5.88 Å². The number of nitrogens with zero attached hydrogens (tertiary/aromatic N) is 2. The molecule has 70 valence electrons. The number of rotatable bonds is 2. The third-order valence-electron chi connectivity index (χ3n) is 1.92. The second kappa shape index (κ2) is 3.95. The van der Waals surface area contributed by atoms with Gasteiger partial charge in [0.1, 0.15) is 5.01 Å². The highest BCUT2D eigenvalue weighted by Gasteiger charge is 2.06. The van der Waals surface area contributed by atoms with E-state index in [1.807, 2.05) is 18.2 Å². The first kappa shape index (κ1) is 9.45. The largest absolute Gasteiger partial charge is 0.240 e. The first-order chi connectivity index (χ1) is 6.85. The number of hydrogen-bond acceptors (Lipinski definition) is 3. The molecule has 4 heteroatoms. The van der Waals surface area contributed by atoms with E-state index >= 15 is 0 Å². The van der Waals surface area contributed by atoms with Crippen LogP contribution >= 0.6 is 22.9 Å². The van der Waals surface area contributed by atoms with Crippen molar-refractivity contribution in [2.24, 2.45) is 0 Å². The van der Waals surface area contributed by atoms with E-state index in [0.29, 0.717) is 12.3 Å². The van der Waals surface area contributed by atoms with Crippen molar-refractivity contribution < 1.29 is 0 Å². The molecule has 0 saturated heterocycles. The first-order valence-corrected chi connectivity index (χ1v) is 5.50. The van der Waals surface area contributed by atoms with Crippen LogP contribution in [0.4, 0.5) is 0 Å². The quantitative estimate of drug-likeness (QED) is 0.733. The molecule has 0 amide bonds. The average molecular weight is 223 g/mol. The highest BCUT2D eigenvalue weighted by molar-refractivity contribution is 7.18. The van der Waals surface area contributed by atoms with Crippen LogP contribution in [0.15, 0.2) is 18.2 Å². The van der Waals surface area contributed by atoms with E-state index in [1.54, 1.807) is 11.3 Å². The molecule has 2 rings (SSSR count). The van der Waals surface area contributed by atoms with Crippen molar-refractivity contribution >= 4 is 33.2 Å². The summed E-state index contributed by atoms with van der Waals surface area (Å²) in [5.74, 6) is 0.465. The normalized spacial score (nSPS) is 10.3. The summed E-state index contributed by atoms with van der Waals surface area (Å²) in [6, 6.07) is 8.03. The van der Waals surface area contributed by atoms with Crippen LogP contribution in [0.2, 0.25) is 0 Å². The van der Waals surface area contributed by atoms with Gasteiger partial charge in [-0.05, 0) is 11.6 Å². The van der Waals surface area contributed by atoms with Crippen LogP contribution in [0.5, 0.6) is 0 Å². The molecule has 0 atom stereocenters. The monoisotopic (exact) mass is 222 g/mol. The van der Waals surface area contributed by atoms with Crippen molar-refractivity contribution in [2.75, 3.05) is 0 Å². The summed E-state index contributed by atoms with van der Waals surface area (Å²) in [5.41, 5.74) is 1.97. The van der Waals surface area contributed by atoms with E-state index in [2.05, 4.69) is 11.1 Å². The summed E-state index contributed by atoms with van der Waals surface area (Å²) in [6.45, 7) is 0. The number of hydrogen-bond donors (Lipinski definition) is 0. The molecule has 14 heavy (non-hydrogen) atoms. The highest BCUT2D eigenvalue weighted by Crippen LogP contribution is 2.25. The Hall–Kier alpha value is -1.11. The molecule has 0 aliphatic carbocycles. The number of benzene rings is 1. The fraction of sp³-hybridized carbons (Fsp3) is 0.200. The lowest BCUT2D eigenvalue weighted by atomic mass is 10.2. The van der Waals surface area contributed by atoms with Crippen molar-refractivity contribution in [3.05, 3.63) is 28.8 Å². The van der Waals surface area contributed by atoms with E-state index in [4.69, 9.17) is 16.9 Å². The molecule has 0 spiro atoms. The van der Waals surface area contributed by atoms with Crippen molar-refractivity contribution in [1.29, 1.82) is 5.26 Å². The summed E-state index contributed by atoms with van der Waals surface area (Å²) >= 11 is 7.35. The first-order valence-electron chi connectivity index (χ1n) is 4.15. The Morgan fingerprint density at radius 3 is 3.07 bits per heavy atom. The predicted octanol–water partition coefficient (Wildman–Crippen LogP) is 3.10. The zero-order chi connectivity index (χ0) is 9.97. The standard InChI is InChI=1S/C10H7ClN2S/c11-6-7-2-1-3-8-10(7)13-9(14-8)4-5-12/h1-3H,4,6H2. The predicted molar refractivity (Wildman–Crippen MR) is 58.5 cm³/mol. The lowest BCUT2D eigenvalue weighted by Crippen LogP contribution is -1.81. The SMILES string of the molecule is N#CCc1nc2c(CCl)cccc2s1. The van der Waals surface area contributed by atoms with E-state index in [0.717, 1.165) is 20.8 Å². The van der Waals surface area contributed by atoms with Crippen LogP contribution in [-0.2, 0) is 12.3 Å².